The average molecular weight is 201 g/mol. The molecule has 3 nitrogen and oxygen atoms in total. The minimum absolute atomic E-state index is 0.712. The Morgan fingerprint density at radius 3 is 2.50 bits per heavy atom. The van der Waals surface area contributed by atoms with Gasteiger partial charge in [0.05, 0.1) is 13.2 Å². The van der Waals surface area contributed by atoms with Gasteiger partial charge in [0.15, 0.2) is 0 Å². The molecule has 84 valence electrons. The smallest absolute Gasteiger partial charge is 0.0700 e. The van der Waals surface area contributed by atoms with Gasteiger partial charge < -0.3 is 14.4 Å². The first-order valence-corrected chi connectivity index (χ1v) is 5.72. The summed E-state index contributed by atoms with van der Waals surface area (Å²) in [7, 11) is 1.71. The molecule has 1 fully saturated rings. The molecule has 0 spiro atoms. The number of nitrogens with zero attached hydrogens (tertiary/aromatic N) is 1. The van der Waals surface area contributed by atoms with Crippen molar-refractivity contribution >= 4 is 0 Å². The lowest BCUT2D eigenvalue weighted by Crippen LogP contribution is -2.31. The van der Waals surface area contributed by atoms with Crippen LogP contribution in [-0.2, 0) is 9.47 Å². The third-order valence-electron chi connectivity index (χ3n) is 2.64. The molecule has 0 aliphatic carbocycles. The molecule has 0 aromatic heterocycles. The van der Waals surface area contributed by atoms with Gasteiger partial charge in [0.25, 0.3) is 0 Å². The molecule has 0 aromatic carbocycles. The van der Waals surface area contributed by atoms with Crippen LogP contribution in [0.5, 0.6) is 0 Å². The van der Waals surface area contributed by atoms with Crippen LogP contribution in [0, 0.1) is 0 Å². The molecule has 0 unspecified atom stereocenters. The molecule has 1 saturated heterocycles. The molecule has 1 aliphatic rings. The van der Waals surface area contributed by atoms with E-state index >= 15 is 0 Å². The molecule has 0 atom stereocenters. The Morgan fingerprint density at radius 2 is 1.79 bits per heavy atom. The quantitative estimate of drug-likeness (QED) is 0.583. The molecule has 0 aromatic rings. The molecule has 1 rings (SSSR count). The van der Waals surface area contributed by atoms with Gasteiger partial charge in [-0.05, 0) is 32.4 Å². The number of methoxy groups -OCH3 is 1. The number of piperidine rings is 1. The Hall–Kier alpha value is -0.120. The van der Waals surface area contributed by atoms with Crippen molar-refractivity contribution in [3.63, 3.8) is 0 Å². The number of likely N-dealkylation sites (tertiary alicyclic amines) is 1. The summed E-state index contributed by atoms with van der Waals surface area (Å²) in [6.45, 7) is 6.10. The SMILES string of the molecule is COCCOCCCN1CCCCC1. The zero-order valence-corrected chi connectivity index (χ0v) is 9.33. The van der Waals surface area contributed by atoms with Crippen molar-refractivity contribution in [1.29, 1.82) is 0 Å². The zero-order chi connectivity index (χ0) is 10.1. The Bertz CT molecular complexity index is 124. The van der Waals surface area contributed by atoms with Crippen LogP contribution in [0.4, 0.5) is 0 Å². The summed E-state index contributed by atoms with van der Waals surface area (Å²) >= 11 is 0. The van der Waals surface area contributed by atoms with Crippen LogP contribution >= 0.6 is 0 Å². The van der Waals surface area contributed by atoms with E-state index in [1.54, 1.807) is 7.11 Å². The summed E-state index contributed by atoms with van der Waals surface area (Å²) in [5.74, 6) is 0. The van der Waals surface area contributed by atoms with Crippen molar-refractivity contribution in [2.75, 3.05) is 46.6 Å². The summed E-state index contributed by atoms with van der Waals surface area (Å²) in [6, 6.07) is 0. The normalized spacial score (nSPS) is 18.6. The van der Waals surface area contributed by atoms with Gasteiger partial charge in [-0.1, -0.05) is 6.42 Å². The van der Waals surface area contributed by atoms with E-state index < -0.39 is 0 Å². The molecule has 0 N–H and O–H groups in total. The van der Waals surface area contributed by atoms with E-state index in [0.717, 1.165) is 19.6 Å². The van der Waals surface area contributed by atoms with Crippen molar-refractivity contribution in [2.24, 2.45) is 0 Å². The van der Waals surface area contributed by atoms with E-state index in [4.69, 9.17) is 9.47 Å². The average Bonchev–Trinajstić information content (AvgIpc) is 2.25. The molecule has 0 saturated carbocycles. The number of hydrogen-bond acceptors (Lipinski definition) is 3. The van der Waals surface area contributed by atoms with Gasteiger partial charge in [-0.2, -0.15) is 0 Å². The molecule has 0 amide bonds. The fourth-order valence-corrected chi connectivity index (χ4v) is 1.82. The van der Waals surface area contributed by atoms with Crippen molar-refractivity contribution in [2.45, 2.75) is 25.7 Å². The minimum Gasteiger partial charge on any atom is -0.382 e. The second-order valence-corrected chi connectivity index (χ2v) is 3.86. The third kappa shape index (κ3) is 5.58. The van der Waals surface area contributed by atoms with Crippen LogP contribution in [0.25, 0.3) is 0 Å². The topological polar surface area (TPSA) is 21.7 Å². The van der Waals surface area contributed by atoms with Gasteiger partial charge in [0, 0.05) is 20.3 Å². The molecule has 0 bridgehead atoms. The summed E-state index contributed by atoms with van der Waals surface area (Å²) in [5, 5.41) is 0. The fraction of sp³-hybridized carbons (Fsp3) is 1.00. The molecular formula is C11H23NO2. The second kappa shape index (κ2) is 8.21. The predicted molar refractivity (Wildman–Crippen MR) is 57.6 cm³/mol. The van der Waals surface area contributed by atoms with E-state index in [1.807, 2.05) is 0 Å². The minimum atomic E-state index is 0.712. The van der Waals surface area contributed by atoms with Crippen molar-refractivity contribution in [3.8, 4) is 0 Å². The lowest BCUT2D eigenvalue weighted by molar-refractivity contribution is 0.0642. The standard InChI is InChI=1S/C11H23NO2/c1-13-10-11-14-9-5-8-12-6-3-2-4-7-12/h2-11H2,1H3. The molecular weight excluding hydrogens is 178 g/mol. The van der Waals surface area contributed by atoms with Gasteiger partial charge in [0.1, 0.15) is 0 Å². The second-order valence-electron chi connectivity index (χ2n) is 3.86. The Kier molecular flexibility index (Phi) is 7.01. The number of hydrogen-bond donors (Lipinski definition) is 0. The van der Waals surface area contributed by atoms with E-state index in [2.05, 4.69) is 4.90 Å². The van der Waals surface area contributed by atoms with Crippen LogP contribution < -0.4 is 0 Å². The lowest BCUT2D eigenvalue weighted by atomic mass is 10.1. The molecule has 0 radical (unpaired) electrons. The highest BCUT2D eigenvalue weighted by atomic mass is 16.5. The highest BCUT2D eigenvalue weighted by Gasteiger charge is 2.08. The summed E-state index contributed by atoms with van der Waals surface area (Å²) in [4.78, 5) is 2.54. The first kappa shape index (κ1) is 12.0. The highest BCUT2D eigenvalue weighted by Crippen LogP contribution is 2.08. The van der Waals surface area contributed by atoms with Crippen LogP contribution in [0.1, 0.15) is 25.7 Å². The number of ether oxygens (including phenoxy) is 2. The van der Waals surface area contributed by atoms with Gasteiger partial charge in [-0.3, -0.25) is 0 Å². The van der Waals surface area contributed by atoms with Gasteiger partial charge in [0.2, 0.25) is 0 Å². The van der Waals surface area contributed by atoms with E-state index in [-0.39, 0.29) is 0 Å². The third-order valence-corrected chi connectivity index (χ3v) is 2.64. The van der Waals surface area contributed by atoms with E-state index in [1.165, 1.54) is 38.9 Å². The van der Waals surface area contributed by atoms with Crippen molar-refractivity contribution < 1.29 is 9.47 Å². The predicted octanol–water partition coefficient (Wildman–Crippen LogP) is 1.53. The van der Waals surface area contributed by atoms with Crippen LogP contribution in [-0.4, -0.2) is 51.5 Å². The first-order valence-electron chi connectivity index (χ1n) is 5.72. The maximum atomic E-state index is 5.41. The van der Waals surface area contributed by atoms with Gasteiger partial charge in [-0.25, -0.2) is 0 Å². The molecule has 1 heterocycles. The van der Waals surface area contributed by atoms with E-state index in [0.29, 0.717) is 6.61 Å². The summed E-state index contributed by atoms with van der Waals surface area (Å²) in [6.07, 6.45) is 5.33. The highest BCUT2D eigenvalue weighted by molar-refractivity contribution is 4.63. The molecule has 1 aliphatic heterocycles. The largest absolute Gasteiger partial charge is 0.382 e. The monoisotopic (exact) mass is 201 g/mol. The van der Waals surface area contributed by atoms with Crippen molar-refractivity contribution in [3.05, 3.63) is 0 Å². The summed E-state index contributed by atoms with van der Waals surface area (Å²) < 4.78 is 10.3. The Morgan fingerprint density at radius 1 is 1.00 bits per heavy atom. The maximum Gasteiger partial charge on any atom is 0.0700 e. The zero-order valence-electron chi connectivity index (χ0n) is 9.33. The van der Waals surface area contributed by atoms with Gasteiger partial charge in [-0.15, -0.1) is 0 Å². The fourth-order valence-electron chi connectivity index (χ4n) is 1.82. The van der Waals surface area contributed by atoms with Crippen molar-refractivity contribution in [1.82, 2.24) is 4.90 Å². The van der Waals surface area contributed by atoms with Crippen LogP contribution in [0.2, 0.25) is 0 Å². The maximum absolute atomic E-state index is 5.41. The molecule has 3 heteroatoms. The van der Waals surface area contributed by atoms with Crippen LogP contribution in [0.15, 0.2) is 0 Å². The van der Waals surface area contributed by atoms with Gasteiger partial charge >= 0.3 is 0 Å². The Balaban J connectivity index is 1.82. The van der Waals surface area contributed by atoms with E-state index in [9.17, 15) is 0 Å². The lowest BCUT2D eigenvalue weighted by Gasteiger charge is -2.26. The number of rotatable bonds is 7. The van der Waals surface area contributed by atoms with Crippen LogP contribution in [0.3, 0.4) is 0 Å². The first-order chi connectivity index (χ1) is 6.93. The molecule has 14 heavy (non-hydrogen) atoms. The summed E-state index contributed by atoms with van der Waals surface area (Å²) in [5.41, 5.74) is 0. The Labute approximate surface area is 87.4 Å².